The van der Waals surface area contributed by atoms with Crippen molar-refractivity contribution >= 4 is 0 Å². The lowest BCUT2D eigenvalue weighted by Crippen LogP contribution is -2.24. The summed E-state index contributed by atoms with van der Waals surface area (Å²) in [5.74, 6) is 5.36. The number of nitriles is 2. The van der Waals surface area contributed by atoms with Gasteiger partial charge in [-0.05, 0) is 133 Å². The fraction of sp³-hybridized carbons (Fsp3) is 0.500. The highest BCUT2D eigenvalue weighted by molar-refractivity contribution is 5.64. The molecule has 0 N–H and O–H groups in total. The Hall–Kier alpha value is -3.36. The van der Waals surface area contributed by atoms with Crippen LogP contribution in [-0.4, -0.2) is 0 Å². The van der Waals surface area contributed by atoms with Gasteiger partial charge < -0.3 is 0 Å². The Bertz CT molecular complexity index is 1320. The van der Waals surface area contributed by atoms with E-state index >= 15 is 0 Å². The smallest absolute Gasteiger partial charge is 0.0991 e. The minimum atomic E-state index is 0.715. The van der Waals surface area contributed by atoms with Crippen LogP contribution in [0.5, 0.6) is 0 Å². The van der Waals surface area contributed by atoms with Crippen molar-refractivity contribution in [3.8, 4) is 23.3 Å². The van der Waals surface area contributed by atoms with Gasteiger partial charge in [0.15, 0.2) is 0 Å². The van der Waals surface area contributed by atoms with E-state index in [9.17, 15) is 0 Å². The lowest BCUT2D eigenvalue weighted by Gasteiger charge is -2.37. The SMILES string of the molecule is CC1CCC(C2CCC(c3ccc(C#N)cc3)CC2)CC1.CC1CCC(c2ccc(-c3ccc(C#N)cc3)cc2)CC1. The summed E-state index contributed by atoms with van der Waals surface area (Å²) in [6, 6.07) is 29.5. The van der Waals surface area contributed by atoms with Crippen molar-refractivity contribution in [2.24, 2.45) is 23.7 Å². The molecule has 0 aliphatic heterocycles. The maximum atomic E-state index is 8.89. The van der Waals surface area contributed by atoms with Crippen LogP contribution in [0.25, 0.3) is 11.1 Å². The van der Waals surface area contributed by atoms with E-state index in [-0.39, 0.29) is 0 Å². The van der Waals surface area contributed by atoms with Gasteiger partial charge in [0.25, 0.3) is 0 Å². The highest BCUT2D eigenvalue weighted by Crippen LogP contribution is 2.44. The summed E-state index contributed by atoms with van der Waals surface area (Å²) in [7, 11) is 0. The van der Waals surface area contributed by atoms with Gasteiger partial charge in [0, 0.05) is 0 Å². The molecule has 3 aliphatic rings. The second-order valence-electron chi connectivity index (χ2n) is 13.6. The summed E-state index contributed by atoms with van der Waals surface area (Å²) in [6.45, 7) is 4.78. The number of nitrogens with zero attached hydrogens (tertiary/aromatic N) is 2. The molecule has 3 saturated carbocycles. The Morgan fingerprint density at radius 1 is 0.429 bits per heavy atom. The van der Waals surface area contributed by atoms with Crippen LogP contribution in [0.3, 0.4) is 0 Å². The summed E-state index contributed by atoms with van der Waals surface area (Å²) >= 11 is 0. The third-order valence-electron chi connectivity index (χ3n) is 10.8. The molecule has 3 fully saturated rings. The third-order valence-corrected chi connectivity index (χ3v) is 10.8. The highest BCUT2D eigenvalue weighted by atomic mass is 14.4. The van der Waals surface area contributed by atoms with Crippen molar-refractivity contribution in [3.63, 3.8) is 0 Å². The zero-order valence-electron chi connectivity index (χ0n) is 25.8. The van der Waals surface area contributed by atoms with Crippen LogP contribution in [0, 0.1) is 46.3 Å². The minimum Gasteiger partial charge on any atom is -0.192 e. The molecule has 42 heavy (non-hydrogen) atoms. The van der Waals surface area contributed by atoms with Gasteiger partial charge in [-0.15, -0.1) is 0 Å². The zero-order valence-corrected chi connectivity index (χ0v) is 25.8. The van der Waals surface area contributed by atoms with Crippen LogP contribution in [0.4, 0.5) is 0 Å². The number of rotatable bonds is 4. The quantitative estimate of drug-likeness (QED) is 0.321. The Morgan fingerprint density at radius 3 is 1.17 bits per heavy atom. The maximum absolute atomic E-state index is 8.89. The first-order valence-electron chi connectivity index (χ1n) is 16.6. The maximum Gasteiger partial charge on any atom is 0.0991 e. The minimum absolute atomic E-state index is 0.715. The van der Waals surface area contributed by atoms with Gasteiger partial charge in [0.2, 0.25) is 0 Å². The molecule has 3 aromatic carbocycles. The number of benzene rings is 3. The fourth-order valence-corrected chi connectivity index (χ4v) is 7.79. The van der Waals surface area contributed by atoms with Crippen molar-refractivity contribution in [1.29, 1.82) is 10.5 Å². The molecular weight excluding hydrogens is 508 g/mol. The summed E-state index contributed by atoms with van der Waals surface area (Å²) in [4.78, 5) is 0. The molecule has 0 atom stereocenters. The molecule has 0 radical (unpaired) electrons. The van der Waals surface area contributed by atoms with E-state index in [1.165, 1.54) is 99.3 Å². The first-order chi connectivity index (χ1) is 20.5. The van der Waals surface area contributed by atoms with E-state index < -0.39 is 0 Å². The number of hydrogen-bond donors (Lipinski definition) is 0. The van der Waals surface area contributed by atoms with Gasteiger partial charge in [0.05, 0.1) is 23.3 Å². The molecule has 2 heteroatoms. The molecule has 0 saturated heterocycles. The largest absolute Gasteiger partial charge is 0.192 e. The van der Waals surface area contributed by atoms with E-state index in [4.69, 9.17) is 10.5 Å². The highest BCUT2D eigenvalue weighted by Gasteiger charge is 2.30. The molecule has 3 aliphatic carbocycles. The standard InChI is InChI=1S/C20H27N.C20H21N/c2*1-15-2-6-17(7-3-15)19-10-12-20(13-11-19)18-8-4-16(14-21)5-9-18/h4-5,8-9,15,17,19-20H,2-3,6-7,10-13H2,1H3;4-5,8-13,15,17H,2-3,6-7H2,1H3. The molecule has 0 heterocycles. The van der Waals surface area contributed by atoms with Crippen LogP contribution in [0.1, 0.15) is 125 Å². The second-order valence-corrected chi connectivity index (χ2v) is 13.6. The summed E-state index contributed by atoms with van der Waals surface area (Å²) in [5.41, 5.74) is 6.84. The van der Waals surface area contributed by atoms with Crippen molar-refractivity contribution in [2.75, 3.05) is 0 Å². The predicted molar refractivity (Wildman–Crippen MR) is 174 cm³/mol. The Kier molecular flexibility index (Phi) is 10.5. The molecular formula is C40H48N2. The summed E-state index contributed by atoms with van der Waals surface area (Å²) in [6.07, 6.45) is 16.8. The van der Waals surface area contributed by atoms with Crippen LogP contribution in [0.2, 0.25) is 0 Å². The fourth-order valence-electron chi connectivity index (χ4n) is 7.79. The average molecular weight is 557 g/mol. The zero-order chi connectivity index (χ0) is 29.3. The van der Waals surface area contributed by atoms with E-state index in [1.54, 1.807) is 0 Å². The molecule has 218 valence electrons. The molecule has 3 aromatic rings. The molecule has 0 spiro atoms. The van der Waals surface area contributed by atoms with Crippen molar-refractivity contribution < 1.29 is 0 Å². The Morgan fingerprint density at radius 2 is 0.738 bits per heavy atom. The van der Waals surface area contributed by atoms with Crippen molar-refractivity contribution in [1.82, 2.24) is 0 Å². The summed E-state index contributed by atoms with van der Waals surface area (Å²) < 4.78 is 0. The van der Waals surface area contributed by atoms with E-state index in [1.807, 2.05) is 36.4 Å². The molecule has 0 aromatic heterocycles. The van der Waals surface area contributed by atoms with Crippen LogP contribution in [-0.2, 0) is 0 Å². The second kappa shape index (κ2) is 14.7. The first-order valence-corrected chi connectivity index (χ1v) is 16.6. The van der Waals surface area contributed by atoms with Crippen molar-refractivity contribution in [2.45, 2.75) is 103 Å². The van der Waals surface area contributed by atoms with E-state index in [2.05, 4.69) is 62.4 Å². The lowest BCUT2D eigenvalue weighted by molar-refractivity contribution is 0.165. The topological polar surface area (TPSA) is 47.6 Å². The van der Waals surface area contributed by atoms with Gasteiger partial charge in [0.1, 0.15) is 0 Å². The van der Waals surface area contributed by atoms with Crippen molar-refractivity contribution in [3.05, 3.63) is 95.1 Å². The Labute approximate surface area is 254 Å². The van der Waals surface area contributed by atoms with Gasteiger partial charge >= 0.3 is 0 Å². The Balaban J connectivity index is 0.000000168. The third kappa shape index (κ3) is 7.92. The van der Waals surface area contributed by atoms with Crippen LogP contribution in [0.15, 0.2) is 72.8 Å². The number of hydrogen-bond acceptors (Lipinski definition) is 2. The predicted octanol–water partition coefficient (Wildman–Crippen LogP) is 11.2. The average Bonchev–Trinajstić information content (AvgIpc) is 3.06. The van der Waals surface area contributed by atoms with Crippen LogP contribution < -0.4 is 0 Å². The lowest BCUT2D eigenvalue weighted by atomic mass is 9.68. The molecule has 0 unspecified atom stereocenters. The molecule has 0 amide bonds. The van der Waals surface area contributed by atoms with E-state index in [0.29, 0.717) is 5.56 Å². The monoisotopic (exact) mass is 556 g/mol. The van der Waals surface area contributed by atoms with Gasteiger partial charge in [-0.3, -0.25) is 0 Å². The van der Waals surface area contributed by atoms with E-state index in [0.717, 1.165) is 41.1 Å². The summed E-state index contributed by atoms with van der Waals surface area (Å²) in [5, 5.41) is 17.7. The normalized spacial score (nSPS) is 27.5. The van der Waals surface area contributed by atoms with Crippen LogP contribution >= 0.6 is 0 Å². The molecule has 0 bridgehead atoms. The molecule has 6 rings (SSSR count). The van der Waals surface area contributed by atoms with Gasteiger partial charge in [-0.2, -0.15) is 10.5 Å². The van der Waals surface area contributed by atoms with Gasteiger partial charge in [-0.1, -0.05) is 88.1 Å². The molecule has 2 nitrogen and oxygen atoms in total. The first kappa shape index (κ1) is 30.1. The van der Waals surface area contributed by atoms with Gasteiger partial charge in [-0.25, -0.2) is 0 Å².